The van der Waals surface area contributed by atoms with Crippen molar-refractivity contribution in [3.8, 4) is 0 Å². The standard InChI is InChI=1S/C17H17F3N4O4S/c1-9(25)7-11(26)3-2-6-29-17-14(23-28-24-17)16(22-27)21-10-4-5-13(18)12(8-10)15(19)20/h4-5,8,15,27H,2-3,6-7H2,1H3,(H,21,22). The summed E-state index contributed by atoms with van der Waals surface area (Å²) in [5, 5.41) is 16.9. The highest BCUT2D eigenvalue weighted by Crippen LogP contribution is 2.27. The van der Waals surface area contributed by atoms with Gasteiger partial charge in [0.25, 0.3) is 6.43 Å². The Labute approximate surface area is 167 Å². The van der Waals surface area contributed by atoms with E-state index in [9.17, 15) is 28.0 Å². The molecular formula is C17H17F3N4O4S. The molecule has 0 aliphatic rings. The molecule has 0 unspecified atom stereocenters. The van der Waals surface area contributed by atoms with E-state index in [1.165, 1.54) is 6.92 Å². The van der Waals surface area contributed by atoms with Crippen molar-refractivity contribution in [2.75, 3.05) is 5.75 Å². The van der Waals surface area contributed by atoms with E-state index in [1.807, 2.05) is 0 Å². The molecule has 0 aliphatic heterocycles. The second kappa shape index (κ2) is 10.7. The number of ketones is 2. The van der Waals surface area contributed by atoms with Crippen LogP contribution in [0.25, 0.3) is 0 Å². The van der Waals surface area contributed by atoms with Gasteiger partial charge in [-0.3, -0.25) is 20.3 Å². The molecule has 1 aromatic carbocycles. The van der Waals surface area contributed by atoms with Crippen molar-refractivity contribution in [3.05, 3.63) is 35.3 Å². The van der Waals surface area contributed by atoms with Gasteiger partial charge in [-0.25, -0.2) is 22.8 Å². The highest BCUT2D eigenvalue weighted by Gasteiger charge is 2.19. The average molecular weight is 430 g/mol. The molecule has 2 N–H and O–H groups in total. The maximum Gasteiger partial charge on any atom is 0.266 e. The van der Waals surface area contributed by atoms with Crippen molar-refractivity contribution < 1.29 is 32.6 Å². The van der Waals surface area contributed by atoms with E-state index in [4.69, 9.17) is 0 Å². The summed E-state index contributed by atoms with van der Waals surface area (Å²) in [6.45, 7) is 1.34. The number of nitrogens with zero attached hydrogens (tertiary/aromatic N) is 3. The SMILES string of the molecule is CC(=O)CC(=O)CCCSc1nonc1C(=Nc1ccc(F)c(C(F)F)c1)NO. The largest absolute Gasteiger partial charge is 0.300 e. The number of aliphatic imine (C=N–C) groups is 1. The number of nitrogens with one attached hydrogen (secondary N) is 1. The van der Waals surface area contributed by atoms with Crippen LogP contribution >= 0.6 is 11.8 Å². The number of carbonyl (C=O) groups excluding carboxylic acids is 2. The number of thioether (sulfide) groups is 1. The second-order valence-electron chi connectivity index (χ2n) is 5.87. The number of benzene rings is 1. The highest BCUT2D eigenvalue weighted by atomic mass is 32.2. The van der Waals surface area contributed by atoms with Crippen LogP contribution in [-0.4, -0.2) is 38.7 Å². The van der Waals surface area contributed by atoms with Crippen molar-refractivity contribution in [1.82, 2.24) is 15.8 Å². The van der Waals surface area contributed by atoms with Crippen LogP contribution in [0.1, 0.15) is 43.9 Å². The van der Waals surface area contributed by atoms with Gasteiger partial charge in [0, 0.05) is 12.2 Å². The molecule has 0 spiro atoms. The Kier molecular flexibility index (Phi) is 8.34. The molecule has 12 heteroatoms. The van der Waals surface area contributed by atoms with Gasteiger partial charge in [-0.15, -0.1) is 11.8 Å². The van der Waals surface area contributed by atoms with Crippen LogP contribution < -0.4 is 5.48 Å². The summed E-state index contributed by atoms with van der Waals surface area (Å²) in [6.07, 6.45) is -2.44. The molecule has 1 heterocycles. The third-order valence-corrected chi connectivity index (χ3v) is 4.56. The molecule has 1 aromatic heterocycles. The summed E-state index contributed by atoms with van der Waals surface area (Å²) in [7, 11) is 0. The minimum atomic E-state index is -3.03. The molecule has 0 saturated carbocycles. The van der Waals surface area contributed by atoms with Crippen LogP contribution in [0.5, 0.6) is 0 Å². The number of hydroxylamine groups is 1. The van der Waals surface area contributed by atoms with E-state index in [0.717, 1.165) is 30.0 Å². The van der Waals surface area contributed by atoms with Crippen LogP contribution in [0.4, 0.5) is 18.9 Å². The third kappa shape index (κ3) is 6.68. The zero-order valence-electron chi connectivity index (χ0n) is 15.2. The molecule has 2 aromatic rings. The number of halogens is 3. The molecule has 0 atom stereocenters. The fourth-order valence-electron chi connectivity index (χ4n) is 2.25. The van der Waals surface area contributed by atoms with Gasteiger partial charge in [0.2, 0.25) is 0 Å². The maximum atomic E-state index is 13.4. The Morgan fingerprint density at radius 1 is 1.34 bits per heavy atom. The van der Waals surface area contributed by atoms with Crippen LogP contribution in [0.3, 0.4) is 0 Å². The fraction of sp³-hybridized carbons (Fsp3) is 0.353. The van der Waals surface area contributed by atoms with Gasteiger partial charge in [0.1, 0.15) is 17.4 Å². The zero-order chi connectivity index (χ0) is 21.4. The van der Waals surface area contributed by atoms with Gasteiger partial charge in [0.05, 0.1) is 17.7 Å². The first-order valence-corrected chi connectivity index (χ1v) is 9.33. The van der Waals surface area contributed by atoms with Gasteiger partial charge in [-0.2, -0.15) is 0 Å². The lowest BCUT2D eigenvalue weighted by molar-refractivity contribution is -0.125. The number of rotatable bonds is 10. The normalized spacial score (nSPS) is 11.7. The van der Waals surface area contributed by atoms with Crippen LogP contribution in [0.15, 0.2) is 32.8 Å². The molecular weight excluding hydrogens is 413 g/mol. The molecule has 0 fully saturated rings. The number of hydrogen-bond acceptors (Lipinski definition) is 8. The summed E-state index contributed by atoms with van der Waals surface area (Å²) >= 11 is 1.16. The van der Waals surface area contributed by atoms with Crippen LogP contribution in [0, 0.1) is 5.82 Å². The first-order valence-electron chi connectivity index (χ1n) is 8.35. The summed E-state index contributed by atoms with van der Waals surface area (Å²) in [5.41, 5.74) is 0.922. The number of aromatic nitrogens is 2. The Morgan fingerprint density at radius 2 is 2.10 bits per heavy atom. The molecule has 2 rings (SSSR count). The van der Waals surface area contributed by atoms with Gasteiger partial charge in [-0.05, 0) is 41.9 Å². The molecule has 0 saturated heterocycles. The zero-order valence-corrected chi connectivity index (χ0v) is 16.0. The quantitative estimate of drug-likeness (QED) is 0.147. The highest BCUT2D eigenvalue weighted by molar-refractivity contribution is 7.99. The predicted molar refractivity (Wildman–Crippen MR) is 97.0 cm³/mol. The summed E-state index contributed by atoms with van der Waals surface area (Å²) in [6, 6.07) is 2.84. The summed E-state index contributed by atoms with van der Waals surface area (Å²) < 4.78 is 43.7. The topological polar surface area (TPSA) is 118 Å². The first kappa shape index (κ1) is 22.6. The predicted octanol–water partition coefficient (Wildman–Crippen LogP) is 3.62. The molecule has 156 valence electrons. The summed E-state index contributed by atoms with van der Waals surface area (Å²) in [5.74, 6) is -1.24. The van der Waals surface area contributed by atoms with Crippen LogP contribution in [-0.2, 0) is 9.59 Å². The Morgan fingerprint density at radius 3 is 2.76 bits per heavy atom. The van der Waals surface area contributed by atoms with Gasteiger partial charge >= 0.3 is 0 Å². The summed E-state index contributed by atoms with van der Waals surface area (Å²) in [4.78, 5) is 26.4. The van der Waals surface area contributed by atoms with Crippen molar-refractivity contribution in [2.24, 2.45) is 4.99 Å². The van der Waals surface area contributed by atoms with Crippen molar-refractivity contribution in [1.29, 1.82) is 0 Å². The number of Topliss-reactive ketones (excluding diaryl/α,β-unsaturated/α-hetero) is 2. The van der Waals surface area contributed by atoms with Crippen molar-refractivity contribution in [3.63, 3.8) is 0 Å². The lowest BCUT2D eigenvalue weighted by Gasteiger charge is -2.05. The lowest BCUT2D eigenvalue weighted by atomic mass is 10.1. The first-order chi connectivity index (χ1) is 13.8. The van der Waals surface area contributed by atoms with E-state index in [0.29, 0.717) is 12.2 Å². The fourth-order valence-corrected chi connectivity index (χ4v) is 3.09. The molecule has 0 aliphatic carbocycles. The Hall–Kier alpha value is -2.73. The minimum Gasteiger partial charge on any atom is -0.300 e. The Bertz CT molecular complexity index is 905. The van der Waals surface area contributed by atoms with E-state index < -0.39 is 17.8 Å². The average Bonchev–Trinajstić information content (AvgIpc) is 3.12. The second-order valence-corrected chi connectivity index (χ2v) is 6.95. The number of alkyl halides is 2. The van der Waals surface area contributed by atoms with Gasteiger partial charge in [-0.1, -0.05) is 0 Å². The molecule has 0 bridgehead atoms. The van der Waals surface area contributed by atoms with Crippen LogP contribution in [0.2, 0.25) is 0 Å². The lowest BCUT2D eigenvalue weighted by Crippen LogP contribution is -2.21. The van der Waals surface area contributed by atoms with Crippen molar-refractivity contribution in [2.45, 2.75) is 37.6 Å². The number of hydrogen-bond donors (Lipinski definition) is 2. The van der Waals surface area contributed by atoms with E-state index in [2.05, 4.69) is 19.9 Å². The number of amidine groups is 1. The minimum absolute atomic E-state index is 0.00971. The molecule has 0 amide bonds. The smallest absolute Gasteiger partial charge is 0.266 e. The maximum absolute atomic E-state index is 13.4. The van der Waals surface area contributed by atoms with E-state index in [-0.39, 0.29) is 46.7 Å². The Balaban J connectivity index is 2.09. The monoisotopic (exact) mass is 430 g/mol. The van der Waals surface area contributed by atoms with E-state index in [1.54, 1.807) is 5.48 Å². The van der Waals surface area contributed by atoms with Gasteiger partial charge < -0.3 is 0 Å². The van der Waals surface area contributed by atoms with E-state index >= 15 is 0 Å². The molecule has 0 radical (unpaired) electrons. The van der Waals surface area contributed by atoms with Gasteiger partial charge in [0.15, 0.2) is 16.6 Å². The van der Waals surface area contributed by atoms with Crippen molar-refractivity contribution >= 4 is 34.9 Å². The molecule has 8 nitrogen and oxygen atoms in total. The number of carbonyl (C=O) groups is 2. The third-order valence-electron chi connectivity index (χ3n) is 3.53. The molecule has 29 heavy (non-hydrogen) atoms.